The molecule has 1 aliphatic heterocycles. The molecule has 36 heavy (non-hydrogen) atoms. The van der Waals surface area contributed by atoms with Crippen molar-refractivity contribution in [1.29, 1.82) is 0 Å². The summed E-state index contributed by atoms with van der Waals surface area (Å²) in [6.07, 6.45) is -1.91. The molecule has 2 aromatic carbocycles. The van der Waals surface area contributed by atoms with Gasteiger partial charge in [-0.2, -0.15) is 10.0 Å². The quantitative estimate of drug-likeness (QED) is 0.357. The number of benzene rings is 2. The standard InChI is InChI=1S/C26H30BrN3O6/c1-24(2,3)35-22(32)29-20(17-11-9-8-10-12-17)28-26(21(31)34-7,18-13-15-19(27)16-14-18)30(29)23(33)36-25(4,5)6/h8-16H,1-7H3/t26-/m1/s1. The molecule has 10 heteroatoms. The van der Waals surface area contributed by atoms with E-state index in [1.54, 1.807) is 96.1 Å². The van der Waals surface area contributed by atoms with Gasteiger partial charge in [-0.1, -0.05) is 58.4 Å². The number of ether oxygens (including phenoxy) is 3. The molecular formula is C26H30BrN3O6. The molecule has 1 heterocycles. The number of esters is 1. The van der Waals surface area contributed by atoms with E-state index in [1.807, 2.05) is 0 Å². The second-order valence-corrected chi connectivity index (χ2v) is 11.0. The van der Waals surface area contributed by atoms with Crippen LogP contribution in [0.15, 0.2) is 64.1 Å². The molecule has 0 saturated heterocycles. The van der Waals surface area contributed by atoms with Crippen molar-refractivity contribution in [3.8, 4) is 0 Å². The van der Waals surface area contributed by atoms with Gasteiger partial charge in [0, 0.05) is 15.6 Å². The van der Waals surface area contributed by atoms with Gasteiger partial charge in [0.15, 0.2) is 5.84 Å². The van der Waals surface area contributed by atoms with Gasteiger partial charge in [-0.25, -0.2) is 19.4 Å². The van der Waals surface area contributed by atoms with Crippen molar-refractivity contribution in [2.45, 2.75) is 58.4 Å². The second kappa shape index (κ2) is 9.93. The second-order valence-electron chi connectivity index (χ2n) is 10.1. The van der Waals surface area contributed by atoms with Gasteiger partial charge in [0.05, 0.1) is 7.11 Å². The minimum atomic E-state index is -2.11. The number of carbonyl (C=O) groups excluding carboxylic acids is 3. The van der Waals surface area contributed by atoms with Crippen molar-refractivity contribution >= 4 is 39.9 Å². The van der Waals surface area contributed by atoms with Crippen molar-refractivity contribution in [3.05, 3.63) is 70.2 Å². The molecule has 0 unspecified atom stereocenters. The summed E-state index contributed by atoms with van der Waals surface area (Å²) in [5.41, 5.74) is -3.22. The van der Waals surface area contributed by atoms with Crippen molar-refractivity contribution in [2.24, 2.45) is 4.99 Å². The lowest BCUT2D eigenvalue weighted by atomic mass is 9.99. The first-order chi connectivity index (χ1) is 16.7. The molecule has 2 aromatic rings. The topological polar surface area (TPSA) is 97.7 Å². The molecule has 3 rings (SSSR count). The van der Waals surface area contributed by atoms with E-state index in [9.17, 15) is 14.4 Å². The highest BCUT2D eigenvalue weighted by molar-refractivity contribution is 9.10. The summed E-state index contributed by atoms with van der Waals surface area (Å²) in [6, 6.07) is 15.3. The zero-order valence-electron chi connectivity index (χ0n) is 21.4. The fraction of sp³-hybridized carbons (Fsp3) is 0.385. The molecule has 0 radical (unpaired) electrons. The summed E-state index contributed by atoms with van der Waals surface area (Å²) in [5, 5.41) is 1.80. The Morgan fingerprint density at radius 2 is 1.36 bits per heavy atom. The Bertz CT molecular complexity index is 1170. The Labute approximate surface area is 219 Å². The molecular weight excluding hydrogens is 530 g/mol. The fourth-order valence-electron chi connectivity index (χ4n) is 3.52. The van der Waals surface area contributed by atoms with E-state index in [-0.39, 0.29) is 11.4 Å². The molecule has 1 aliphatic rings. The molecule has 2 amide bonds. The number of amidine groups is 1. The summed E-state index contributed by atoms with van der Waals surface area (Å²) in [5.74, 6) is -0.876. The van der Waals surface area contributed by atoms with Gasteiger partial charge in [0.25, 0.3) is 5.66 Å². The van der Waals surface area contributed by atoms with Crippen LogP contribution < -0.4 is 0 Å². The van der Waals surface area contributed by atoms with E-state index in [1.165, 1.54) is 7.11 Å². The highest BCUT2D eigenvalue weighted by Gasteiger charge is 2.61. The predicted molar refractivity (Wildman–Crippen MR) is 137 cm³/mol. The van der Waals surface area contributed by atoms with Crippen LogP contribution in [0.4, 0.5) is 9.59 Å². The van der Waals surface area contributed by atoms with Gasteiger partial charge < -0.3 is 14.2 Å². The summed E-state index contributed by atoms with van der Waals surface area (Å²) < 4.78 is 17.2. The SMILES string of the molecule is COC(=O)[C@]1(c2ccc(Br)cc2)N=C(c2ccccc2)N(C(=O)OC(C)(C)C)N1C(=O)OC(C)(C)C. The van der Waals surface area contributed by atoms with E-state index in [2.05, 4.69) is 15.9 Å². The summed E-state index contributed by atoms with van der Waals surface area (Å²) >= 11 is 3.38. The molecule has 1 atom stereocenters. The number of halogens is 1. The van der Waals surface area contributed by atoms with Gasteiger partial charge >= 0.3 is 18.2 Å². The maximum Gasteiger partial charge on any atom is 0.435 e. The molecule has 0 N–H and O–H groups in total. The van der Waals surface area contributed by atoms with Crippen LogP contribution in [0, 0.1) is 0 Å². The number of aliphatic imine (C=N–C) groups is 1. The molecule has 0 fully saturated rings. The number of rotatable bonds is 3. The smallest absolute Gasteiger partial charge is 0.435 e. The average molecular weight is 560 g/mol. The third kappa shape index (κ3) is 5.53. The molecule has 0 bridgehead atoms. The molecule has 0 saturated carbocycles. The zero-order chi connectivity index (χ0) is 26.9. The van der Waals surface area contributed by atoms with Crippen LogP contribution in [0.1, 0.15) is 52.7 Å². The highest BCUT2D eigenvalue weighted by Crippen LogP contribution is 2.41. The van der Waals surface area contributed by atoms with Gasteiger partial charge in [0.1, 0.15) is 11.2 Å². The number of nitrogens with zero attached hydrogens (tertiary/aromatic N) is 3. The predicted octanol–water partition coefficient (Wildman–Crippen LogP) is 5.62. The van der Waals surface area contributed by atoms with Crippen LogP contribution in [0.25, 0.3) is 0 Å². The Morgan fingerprint density at radius 1 is 0.833 bits per heavy atom. The van der Waals surface area contributed by atoms with Crippen LogP contribution in [-0.4, -0.2) is 52.3 Å². The zero-order valence-corrected chi connectivity index (χ0v) is 23.0. The first kappa shape index (κ1) is 27.2. The maximum absolute atomic E-state index is 13.8. The maximum atomic E-state index is 13.8. The van der Waals surface area contributed by atoms with Crippen molar-refractivity contribution in [1.82, 2.24) is 10.0 Å². The Hall–Kier alpha value is -3.40. The van der Waals surface area contributed by atoms with Crippen molar-refractivity contribution in [2.75, 3.05) is 7.11 Å². The number of hydrazine groups is 1. The van der Waals surface area contributed by atoms with Gasteiger partial charge in [0.2, 0.25) is 0 Å². The summed E-state index contributed by atoms with van der Waals surface area (Å²) in [7, 11) is 1.18. The number of hydrogen-bond donors (Lipinski definition) is 0. The average Bonchev–Trinajstić information content (AvgIpc) is 3.15. The molecule has 9 nitrogen and oxygen atoms in total. The van der Waals surface area contributed by atoms with Gasteiger partial charge in [-0.3, -0.25) is 0 Å². The Morgan fingerprint density at radius 3 is 1.86 bits per heavy atom. The van der Waals surface area contributed by atoms with E-state index >= 15 is 0 Å². The van der Waals surface area contributed by atoms with Gasteiger partial charge in [-0.15, -0.1) is 0 Å². The third-order valence-electron chi connectivity index (χ3n) is 4.86. The summed E-state index contributed by atoms with van der Waals surface area (Å²) in [6.45, 7) is 10.1. The van der Waals surface area contributed by atoms with Crippen LogP contribution >= 0.6 is 15.9 Å². The van der Waals surface area contributed by atoms with E-state index in [4.69, 9.17) is 19.2 Å². The fourth-order valence-corrected chi connectivity index (χ4v) is 3.78. The number of hydrogen-bond acceptors (Lipinski definition) is 7. The third-order valence-corrected chi connectivity index (χ3v) is 5.39. The number of methoxy groups -OCH3 is 1. The highest BCUT2D eigenvalue weighted by atomic mass is 79.9. The van der Waals surface area contributed by atoms with E-state index < -0.39 is 35.0 Å². The van der Waals surface area contributed by atoms with Crippen molar-refractivity contribution < 1.29 is 28.6 Å². The van der Waals surface area contributed by atoms with Crippen LogP contribution in [0.3, 0.4) is 0 Å². The van der Waals surface area contributed by atoms with Crippen LogP contribution in [-0.2, 0) is 24.7 Å². The normalized spacial score (nSPS) is 17.9. The van der Waals surface area contributed by atoms with Crippen LogP contribution in [0.2, 0.25) is 0 Å². The van der Waals surface area contributed by atoms with Crippen LogP contribution in [0.5, 0.6) is 0 Å². The monoisotopic (exact) mass is 559 g/mol. The molecule has 0 aliphatic carbocycles. The van der Waals surface area contributed by atoms with E-state index in [0.717, 1.165) is 14.5 Å². The lowest BCUT2D eigenvalue weighted by molar-refractivity contribution is -0.161. The van der Waals surface area contributed by atoms with E-state index in [0.29, 0.717) is 5.56 Å². The molecule has 0 aromatic heterocycles. The van der Waals surface area contributed by atoms with Gasteiger partial charge in [-0.05, 0) is 53.7 Å². The minimum absolute atomic E-state index is 0.0176. The van der Waals surface area contributed by atoms with Crippen molar-refractivity contribution in [3.63, 3.8) is 0 Å². The first-order valence-electron chi connectivity index (χ1n) is 11.3. The number of amides is 2. The molecule has 192 valence electrons. The Balaban J connectivity index is 2.37. The Kier molecular flexibility index (Phi) is 7.50. The summed E-state index contributed by atoms with van der Waals surface area (Å²) in [4.78, 5) is 45.6. The minimum Gasteiger partial charge on any atom is -0.465 e. The largest absolute Gasteiger partial charge is 0.465 e. The lowest BCUT2D eigenvalue weighted by Crippen LogP contribution is -2.60. The molecule has 0 spiro atoms. The lowest BCUT2D eigenvalue weighted by Gasteiger charge is -2.38. The number of carbonyl (C=O) groups is 3. The first-order valence-corrected chi connectivity index (χ1v) is 12.0.